The third kappa shape index (κ3) is 4.59. The molecule has 150 valence electrons. The van der Waals surface area contributed by atoms with E-state index in [2.05, 4.69) is 0 Å². The van der Waals surface area contributed by atoms with Crippen molar-refractivity contribution in [2.75, 3.05) is 25.7 Å². The van der Waals surface area contributed by atoms with Crippen molar-refractivity contribution in [1.29, 1.82) is 0 Å². The number of benzene rings is 2. The van der Waals surface area contributed by atoms with Crippen molar-refractivity contribution in [3.63, 3.8) is 0 Å². The summed E-state index contributed by atoms with van der Waals surface area (Å²) in [6.45, 7) is 0.278. The van der Waals surface area contributed by atoms with Gasteiger partial charge in [-0.1, -0.05) is 23.7 Å². The molecular weight excluding hydrogens is 402 g/mol. The van der Waals surface area contributed by atoms with Gasteiger partial charge in [0.2, 0.25) is 0 Å². The Balaban J connectivity index is 1.93. The summed E-state index contributed by atoms with van der Waals surface area (Å²) in [5.74, 6) is 0.933. The van der Waals surface area contributed by atoms with Gasteiger partial charge < -0.3 is 14.4 Å². The molecule has 0 spiro atoms. The predicted octanol–water partition coefficient (Wildman–Crippen LogP) is 3.19. The van der Waals surface area contributed by atoms with Crippen molar-refractivity contribution in [3.8, 4) is 11.5 Å². The number of carbonyl (C=O) groups is 1. The Hall–Kier alpha value is -2.25. The minimum absolute atomic E-state index is 0.0351. The normalized spacial score (nSPS) is 17.9. The van der Waals surface area contributed by atoms with E-state index in [1.54, 1.807) is 30.2 Å². The molecule has 0 radical (unpaired) electrons. The van der Waals surface area contributed by atoms with Gasteiger partial charge in [-0.2, -0.15) is 0 Å². The van der Waals surface area contributed by atoms with Gasteiger partial charge in [0.1, 0.15) is 11.5 Å². The lowest BCUT2D eigenvalue weighted by Crippen LogP contribution is -2.40. The van der Waals surface area contributed by atoms with Crippen LogP contribution in [0.25, 0.3) is 0 Å². The van der Waals surface area contributed by atoms with E-state index in [1.807, 2.05) is 24.3 Å². The smallest absolute Gasteiger partial charge is 0.254 e. The lowest BCUT2D eigenvalue weighted by atomic mass is 10.1. The molecule has 0 bridgehead atoms. The van der Waals surface area contributed by atoms with Crippen LogP contribution >= 0.6 is 11.6 Å². The van der Waals surface area contributed by atoms with Crippen LogP contribution in [0, 0.1) is 0 Å². The lowest BCUT2D eigenvalue weighted by molar-refractivity contribution is 0.0680. The first-order valence-electron chi connectivity index (χ1n) is 8.81. The molecule has 8 heteroatoms. The molecule has 2 aromatic carbocycles. The van der Waals surface area contributed by atoms with Crippen molar-refractivity contribution in [2.45, 2.75) is 19.0 Å². The zero-order valence-electron chi connectivity index (χ0n) is 15.7. The van der Waals surface area contributed by atoms with Crippen molar-refractivity contribution >= 4 is 27.3 Å². The largest absolute Gasteiger partial charge is 0.497 e. The molecule has 1 atom stereocenters. The number of nitrogens with zero attached hydrogens (tertiary/aromatic N) is 1. The highest BCUT2D eigenvalue weighted by atomic mass is 35.5. The summed E-state index contributed by atoms with van der Waals surface area (Å²) in [4.78, 5) is 14.9. The van der Waals surface area contributed by atoms with E-state index >= 15 is 0 Å². The van der Waals surface area contributed by atoms with E-state index in [1.165, 1.54) is 7.11 Å². The Bertz CT molecular complexity index is 976. The molecule has 0 N–H and O–H groups in total. The summed E-state index contributed by atoms with van der Waals surface area (Å²) in [5, 5.41) is 0.328. The van der Waals surface area contributed by atoms with Crippen molar-refractivity contribution in [2.24, 2.45) is 0 Å². The number of halogens is 1. The molecule has 0 unspecified atom stereocenters. The van der Waals surface area contributed by atoms with Gasteiger partial charge >= 0.3 is 0 Å². The molecule has 3 rings (SSSR count). The minimum atomic E-state index is -3.14. The number of ether oxygens (including phenoxy) is 2. The second-order valence-electron chi connectivity index (χ2n) is 6.69. The Kier molecular flexibility index (Phi) is 6.15. The number of amides is 1. The highest BCUT2D eigenvalue weighted by Crippen LogP contribution is 2.28. The van der Waals surface area contributed by atoms with Crippen LogP contribution in [0.15, 0.2) is 42.5 Å². The third-order valence-corrected chi connectivity index (χ3v) is 6.84. The van der Waals surface area contributed by atoms with Crippen LogP contribution in [-0.4, -0.2) is 51.0 Å². The van der Waals surface area contributed by atoms with Crippen LogP contribution in [0.2, 0.25) is 5.02 Å². The van der Waals surface area contributed by atoms with E-state index < -0.39 is 9.84 Å². The molecule has 0 saturated carbocycles. The first-order chi connectivity index (χ1) is 13.3. The zero-order valence-corrected chi connectivity index (χ0v) is 17.3. The average Bonchev–Trinajstić information content (AvgIpc) is 3.05. The fraction of sp³-hybridized carbons (Fsp3) is 0.350. The number of hydrogen-bond donors (Lipinski definition) is 0. The molecule has 0 aromatic heterocycles. The minimum Gasteiger partial charge on any atom is -0.497 e. The quantitative estimate of drug-likeness (QED) is 0.713. The predicted molar refractivity (Wildman–Crippen MR) is 108 cm³/mol. The second-order valence-corrected chi connectivity index (χ2v) is 9.33. The van der Waals surface area contributed by atoms with Crippen LogP contribution in [-0.2, 0) is 16.4 Å². The Labute approximate surface area is 169 Å². The molecule has 1 amide bonds. The van der Waals surface area contributed by atoms with Crippen molar-refractivity contribution in [1.82, 2.24) is 4.90 Å². The summed E-state index contributed by atoms with van der Waals surface area (Å²) in [5.41, 5.74) is 1.25. The summed E-state index contributed by atoms with van der Waals surface area (Å²) in [6, 6.07) is 11.8. The summed E-state index contributed by atoms with van der Waals surface area (Å²) in [7, 11) is -0.0693. The standard InChI is InChI=1S/C20H22ClNO5S/c1-26-17-5-3-4-14(10-17)12-22(16-8-9-28(24,25)13-16)20(23)15-6-7-19(27-2)18(21)11-15/h3-7,10-11,16H,8-9,12-13H2,1-2H3/t16-/m1/s1. The third-order valence-electron chi connectivity index (χ3n) is 4.80. The first kappa shape index (κ1) is 20.5. The highest BCUT2D eigenvalue weighted by Gasteiger charge is 2.35. The zero-order chi connectivity index (χ0) is 20.3. The van der Waals surface area contributed by atoms with Gasteiger partial charge in [0.25, 0.3) is 5.91 Å². The SMILES string of the molecule is COc1cccc(CN(C(=O)c2ccc(OC)c(Cl)c2)[C@@H]2CCS(=O)(=O)C2)c1. The van der Waals surface area contributed by atoms with E-state index in [0.29, 0.717) is 28.5 Å². The maximum Gasteiger partial charge on any atom is 0.254 e. The van der Waals surface area contributed by atoms with Crippen LogP contribution in [0.5, 0.6) is 11.5 Å². The number of rotatable bonds is 6. The topological polar surface area (TPSA) is 72.9 Å². The van der Waals surface area contributed by atoms with Crippen molar-refractivity contribution < 1.29 is 22.7 Å². The fourth-order valence-corrected chi connectivity index (χ4v) is 5.31. The van der Waals surface area contributed by atoms with E-state index in [0.717, 1.165) is 5.56 Å². The Morgan fingerprint density at radius 3 is 2.57 bits per heavy atom. The van der Waals surface area contributed by atoms with Gasteiger partial charge in [-0.3, -0.25) is 4.79 Å². The maximum absolute atomic E-state index is 13.3. The van der Waals surface area contributed by atoms with Crippen molar-refractivity contribution in [3.05, 3.63) is 58.6 Å². The average molecular weight is 424 g/mol. The molecular formula is C20H22ClNO5S. The van der Waals surface area contributed by atoms with Crippen LogP contribution < -0.4 is 9.47 Å². The lowest BCUT2D eigenvalue weighted by Gasteiger charge is -2.29. The highest BCUT2D eigenvalue weighted by molar-refractivity contribution is 7.91. The van der Waals surface area contributed by atoms with Gasteiger partial charge in [0.05, 0.1) is 30.7 Å². The molecule has 1 fully saturated rings. The molecule has 1 heterocycles. The number of carbonyl (C=O) groups excluding carboxylic acids is 1. The van der Waals surface area contributed by atoms with Crippen LogP contribution in [0.3, 0.4) is 0 Å². The fourth-order valence-electron chi connectivity index (χ4n) is 3.32. The number of methoxy groups -OCH3 is 2. The maximum atomic E-state index is 13.3. The Morgan fingerprint density at radius 1 is 1.18 bits per heavy atom. The summed E-state index contributed by atoms with van der Waals surface area (Å²) < 4.78 is 34.4. The number of sulfone groups is 1. The van der Waals surface area contributed by atoms with E-state index in [9.17, 15) is 13.2 Å². The summed E-state index contributed by atoms with van der Waals surface area (Å²) >= 11 is 6.17. The van der Waals surface area contributed by atoms with Gasteiger partial charge in [0.15, 0.2) is 9.84 Å². The Morgan fingerprint density at radius 2 is 1.96 bits per heavy atom. The molecule has 0 aliphatic carbocycles. The van der Waals surface area contributed by atoms with Crippen LogP contribution in [0.4, 0.5) is 0 Å². The second kappa shape index (κ2) is 8.41. The molecule has 1 aliphatic heterocycles. The van der Waals surface area contributed by atoms with Crippen LogP contribution in [0.1, 0.15) is 22.3 Å². The molecule has 28 heavy (non-hydrogen) atoms. The van der Waals surface area contributed by atoms with E-state index in [4.69, 9.17) is 21.1 Å². The molecule has 2 aromatic rings. The molecule has 6 nitrogen and oxygen atoms in total. The van der Waals surface area contributed by atoms with Gasteiger partial charge in [-0.05, 0) is 42.3 Å². The van der Waals surface area contributed by atoms with Gasteiger partial charge in [-0.25, -0.2) is 8.42 Å². The molecule has 1 saturated heterocycles. The monoisotopic (exact) mass is 423 g/mol. The summed E-state index contributed by atoms with van der Waals surface area (Å²) in [6.07, 6.45) is 0.419. The molecule has 1 aliphatic rings. The number of hydrogen-bond acceptors (Lipinski definition) is 5. The first-order valence-corrected chi connectivity index (χ1v) is 11.0. The van der Waals surface area contributed by atoms with E-state index in [-0.39, 0.29) is 30.0 Å². The van der Waals surface area contributed by atoms with Gasteiger partial charge in [-0.15, -0.1) is 0 Å². The van der Waals surface area contributed by atoms with Gasteiger partial charge in [0, 0.05) is 18.2 Å².